The molecule has 0 heterocycles. The molecule has 17 heavy (non-hydrogen) atoms. The van der Waals surface area contributed by atoms with Gasteiger partial charge >= 0.3 is 5.97 Å². The number of nitrogens with one attached hydrogen (secondary N) is 1. The molecule has 0 saturated carbocycles. The first-order valence-corrected chi connectivity index (χ1v) is 6.52. The van der Waals surface area contributed by atoms with Gasteiger partial charge in [-0.15, -0.1) is 18.3 Å². The molecular formula is C12H21NO3S. The van der Waals surface area contributed by atoms with E-state index in [1.54, 1.807) is 6.08 Å². The summed E-state index contributed by atoms with van der Waals surface area (Å²) in [6.07, 6.45) is 2.60. The molecule has 0 aliphatic rings. The first kappa shape index (κ1) is 16.0. The van der Waals surface area contributed by atoms with Crippen LogP contribution in [0.15, 0.2) is 12.7 Å². The Kier molecular flexibility index (Phi) is 6.95. The van der Waals surface area contributed by atoms with Crippen LogP contribution in [-0.4, -0.2) is 33.5 Å². The maximum Gasteiger partial charge on any atom is 0.326 e. The molecule has 0 aliphatic carbocycles. The van der Waals surface area contributed by atoms with Gasteiger partial charge in [-0.05, 0) is 12.8 Å². The van der Waals surface area contributed by atoms with E-state index < -0.39 is 12.0 Å². The summed E-state index contributed by atoms with van der Waals surface area (Å²) in [7, 11) is 0. The standard InChI is InChI=1S/C12H21NO3S/c1-5-6-7-9(11(15)16)13-10(14)8-17-12(2,3)4/h5,9H,1,6-8H2,2-4H3,(H,13,14)(H,15,16). The molecular weight excluding hydrogens is 238 g/mol. The van der Waals surface area contributed by atoms with Crippen LogP contribution in [0.1, 0.15) is 33.6 Å². The van der Waals surface area contributed by atoms with E-state index in [4.69, 9.17) is 5.11 Å². The summed E-state index contributed by atoms with van der Waals surface area (Å²) in [5, 5.41) is 11.4. The second kappa shape index (κ2) is 7.37. The van der Waals surface area contributed by atoms with Crippen molar-refractivity contribution in [3.63, 3.8) is 0 Å². The molecule has 0 bridgehead atoms. The second-order valence-electron chi connectivity index (χ2n) is 4.73. The maximum atomic E-state index is 11.5. The number of carbonyl (C=O) groups is 2. The molecule has 0 spiro atoms. The molecule has 0 saturated heterocycles. The fourth-order valence-electron chi connectivity index (χ4n) is 1.06. The van der Waals surface area contributed by atoms with Crippen LogP contribution < -0.4 is 5.32 Å². The summed E-state index contributed by atoms with van der Waals surface area (Å²) in [6.45, 7) is 9.56. The van der Waals surface area contributed by atoms with Crippen LogP contribution in [0.3, 0.4) is 0 Å². The zero-order valence-electron chi connectivity index (χ0n) is 10.7. The van der Waals surface area contributed by atoms with Crippen molar-refractivity contribution in [2.24, 2.45) is 0 Å². The second-order valence-corrected chi connectivity index (χ2v) is 6.53. The minimum absolute atomic E-state index is 0.00280. The summed E-state index contributed by atoms with van der Waals surface area (Å²) in [4.78, 5) is 22.4. The minimum atomic E-state index is -0.999. The van der Waals surface area contributed by atoms with Gasteiger partial charge in [-0.1, -0.05) is 26.8 Å². The number of aliphatic carboxylic acids is 1. The minimum Gasteiger partial charge on any atom is -0.480 e. The van der Waals surface area contributed by atoms with Gasteiger partial charge in [0.1, 0.15) is 6.04 Å². The number of hydrogen-bond donors (Lipinski definition) is 2. The van der Waals surface area contributed by atoms with Crippen molar-refractivity contribution in [3.8, 4) is 0 Å². The Balaban J connectivity index is 4.12. The van der Waals surface area contributed by atoms with Crippen LogP contribution in [0.25, 0.3) is 0 Å². The van der Waals surface area contributed by atoms with Gasteiger partial charge in [-0.2, -0.15) is 0 Å². The number of carbonyl (C=O) groups excluding carboxylic acids is 1. The third kappa shape index (κ3) is 8.80. The van der Waals surface area contributed by atoms with Gasteiger partial charge in [0.05, 0.1) is 5.75 Å². The fraction of sp³-hybridized carbons (Fsp3) is 0.667. The van der Waals surface area contributed by atoms with Crippen molar-refractivity contribution in [2.75, 3.05) is 5.75 Å². The van der Waals surface area contributed by atoms with Crippen LogP contribution in [-0.2, 0) is 9.59 Å². The lowest BCUT2D eigenvalue weighted by atomic mass is 10.1. The number of amides is 1. The van der Waals surface area contributed by atoms with Crippen LogP contribution >= 0.6 is 11.8 Å². The summed E-state index contributed by atoms with van der Waals surface area (Å²) >= 11 is 1.49. The molecule has 0 fully saturated rings. The van der Waals surface area contributed by atoms with Gasteiger partial charge in [0.15, 0.2) is 0 Å². The highest BCUT2D eigenvalue weighted by Gasteiger charge is 2.20. The Labute approximate surface area is 107 Å². The van der Waals surface area contributed by atoms with E-state index in [0.717, 1.165) is 0 Å². The van der Waals surface area contributed by atoms with Crippen molar-refractivity contribution < 1.29 is 14.7 Å². The quantitative estimate of drug-likeness (QED) is 0.687. The van der Waals surface area contributed by atoms with Gasteiger partial charge in [-0.3, -0.25) is 4.79 Å². The number of carboxylic acid groups (broad SMARTS) is 1. The number of allylic oxidation sites excluding steroid dienone is 1. The predicted molar refractivity (Wildman–Crippen MR) is 71.2 cm³/mol. The topological polar surface area (TPSA) is 66.4 Å². The molecule has 1 atom stereocenters. The molecule has 1 amide bonds. The van der Waals surface area contributed by atoms with Gasteiger partial charge < -0.3 is 10.4 Å². The van der Waals surface area contributed by atoms with Crippen LogP contribution in [0.4, 0.5) is 0 Å². The van der Waals surface area contributed by atoms with E-state index in [0.29, 0.717) is 12.8 Å². The van der Waals surface area contributed by atoms with Crippen molar-refractivity contribution in [3.05, 3.63) is 12.7 Å². The zero-order valence-corrected chi connectivity index (χ0v) is 11.5. The molecule has 5 heteroatoms. The van der Waals surface area contributed by atoms with Crippen molar-refractivity contribution in [2.45, 2.75) is 44.4 Å². The molecule has 0 aromatic rings. The first-order valence-electron chi connectivity index (χ1n) is 5.53. The fourth-order valence-corrected chi connectivity index (χ4v) is 1.71. The lowest BCUT2D eigenvalue weighted by molar-refractivity contribution is -0.141. The van der Waals surface area contributed by atoms with E-state index in [9.17, 15) is 9.59 Å². The summed E-state index contributed by atoms with van der Waals surface area (Å²) in [5.74, 6) is -0.955. The normalized spacial score (nSPS) is 12.9. The third-order valence-electron chi connectivity index (χ3n) is 1.93. The van der Waals surface area contributed by atoms with E-state index in [1.807, 2.05) is 20.8 Å². The lowest BCUT2D eigenvalue weighted by Crippen LogP contribution is -2.41. The number of carboxylic acids is 1. The smallest absolute Gasteiger partial charge is 0.326 e. The molecule has 0 rings (SSSR count). The number of hydrogen-bond acceptors (Lipinski definition) is 3. The van der Waals surface area contributed by atoms with Crippen molar-refractivity contribution in [1.29, 1.82) is 0 Å². The van der Waals surface area contributed by atoms with Gasteiger partial charge in [-0.25, -0.2) is 4.79 Å². The van der Waals surface area contributed by atoms with E-state index in [1.165, 1.54) is 11.8 Å². The Bertz CT molecular complexity index is 284. The highest BCUT2D eigenvalue weighted by atomic mass is 32.2. The van der Waals surface area contributed by atoms with Gasteiger partial charge in [0.2, 0.25) is 5.91 Å². The lowest BCUT2D eigenvalue weighted by Gasteiger charge is -2.18. The first-order chi connectivity index (χ1) is 7.76. The molecule has 0 aliphatic heterocycles. The Hall–Kier alpha value is -0.970. The van der Waals surface area contributed by atoms with E-state index in [-0.39, 0.29) is 16.4 Å². The van der Waals surface area contributed by atoms with Crippen molar-refractivity contribution in [1.82, 2.24) is 5.32 Å². The molecule has 98 valence electrons. The number of thioether (sulfide) groups is 1. The summed E-state index contributed by atoms with van der Waals surface area (Å²) < 4.78 is -0.00280. The van der Waals surface area contributed by atoms with E-state index in [2.05, 4.69) is 11.9 Å². The Morgan fingerprint density at radius 2 is 2.06 bits per heavy atom. The van der Waals surface area contributed by atoms with Gasteiger partial charge in [0, 0.05) is 4.75 Å². The molecule has 0 radical (unpaired) electrons. The van der Waals surface area contributed by atoms with Crippen LogP contribution in [0, 0.1) is 0 Å². The third-order valence-corrected chi connectivity index (χ3v) is 3.20. The summed E-state index contributed by atoms with van der Waals surface area (Å²) in [6, 6.07) is -0.818. The maximum absolute atomic E-state index is 11.5. The van der Waals surface area contributed by atoms with Crippen LogP contribution in [0.5, 0.6) is 0 Å². The van der Waals surface area contributed by atoms with Crippen molar-refractivity contribution >= 4 is 23.6 Å². The monoisotopic (exact) mass is 259 g/mol. The SMILES string of the molecule is C=CCCC(NC(=O)CSC(C)(C)C)C(=O)O. The molecule has 0 aromatic carbocycles. The van der Waals surface area contributed by atoms with Gasteiger partial charge in [0.25, 0.3) is 0 Å². The number of rotatable bonds is 7. The molecule has 0 aromatic heterocycles. The average molecular weight is 259 g/mol. The largest absolute Gasteiger partial charge is 0.480 e. The molecule has 4 nitrogen and oxygen atoms in total. The van der Waals surface area contributed by atoms with Crippen LogP contribution in [0.2, 0.25) is 0 Å². The average Bonchev–Trinajstić information content (AvgIpc) is 2.19. The van der Waals surface area contributed by atoms with E-state index >= 15 is 0 Å². The molecule has 1 unspecified atom stereocenters. The highest BCUT2D eigenvalue weighted by molar-refractivity contribution is 8.01. The zero-order chi connectivity index (χ0) is 13.5. The molecule has 2 N–H and O–H groups in total. The predicted octanol–water partition coefficient (Wildman–Crippen LogP) is 2.05. The highest BCUT2D eigenvalue weighted by Crippen LogP contribution is 2.22. The summed E-state index contributed by atoms with van der Waals surface area (Å²) in [5.41, 5.74) is 0. The Morgan fingerprint density at radius 3 is 2.47 bits per heavy atom. The Morgan fingerprint density at radius 1 is 1.47 bits per heavy atom.